The summed E-state index contributed by atoms with van der Waals surface area (Å²) in [5.74, 6) is -0.0584. The van der Waals surface area contributed by atoms with E-state index in [0.29, 0.717) is 37.0 Å². The van der Waals surface area contributed by atoms with Crippen molar-refractivity contribution < 1.29 is 19.1 Å². The lowest BCUT2D eigenvalue weighted by Crippen LogP contribution is -2.30. The average molecular weight is 324 g/mol. The van der Waals surface area contributed by atoms with Crippen LogP contribution in [0, 0.1) is 5.92 Å². The number of esters is 2. The van der Waals surface area contributed by atoms with E-state index >= 15 is 0 Å². The van der Waals surface area contributed by atoms with Crippen molar-refractivity contribution in [3.63, 3.8) is 0 Å². The van der Waals surface area contributed by atoms with Gasteiger partial charge in [-0.1, -0.05) is 36.4 Å². The predicted molar refractivity (Wildman–Crippen MR) is 89.7 cm³/mol. The van der Waals surface area contributed by atoms with Crippen LogP contribution in [0.2, 0.25) is 0 Å². The van der Waals surface area contributed by atoms with Gasteiger partial charge in [0.25, 0.3) is 0 Å². The number of rotatable bonds is 4. The van der Waals surface area contributed by atoms with Crippen molar-refractivity contribution in [2.75, 3.05) is 0 Å². The summed E-state index contributed by atoms with van der Waals surface area (Å²) in [6.07, 6.45) is 2.61. The summed E-state index contributed by atoms with van der Waals surface area (Å²) < 4.78 is 10.9. The van der Waals surface area contributed by atoms with Gasteiger partial charge in [-0.3, -0.25) is 4.79 Å². The van der Waals surface area contributed by atoms with Crippen LogP contribution in [0.4, 0.5) is 0 Å². The van der Waals surface area contributed by atoms with Crippen molar-refractivity contribution >= 4 is 11.9 Å². The van der Waals surface area contributed by atoms with Gasteiger partial charge in [0, 0.05) is 0 Å². The maximum atomic E-state index is 12.2. The quantitative estimate of drug-likeness (QED) is 0.630. The van der Waals surface area contributed by atoms with Gasteiger partial charge in [0.15, 0.2) is 0 Å². The SMILES string of the molecule is O=C(OC1CCC(C(=O)Oc2ccccc2)CC1)c1ccccc1. The molecule has 3 rings (SSSR count). The van der Waals surface area contributed by atoms with Gasteiger partial charge in [-0.2, -0.15) is 0 Å². The number of carbonyl (C=O) groups is 2. The first-order valence-electron chi connectivity index (χ1n) is 8.25. The number of hydrogen-bond acceptors (Lipinski definition) is 4. The Kier molecular flexibility index (Phi) is 5.26. The highest BCUT2D eigenvalue weighted by atomic mass is 16.5. The Morgan fingerprint density at radius 3 is 2.00 bits per heavy atom. The van der Waals surface area contributed by atoms with E-state index in [9.17, 15) is 9.59 Å². The van der Waals surface area contributed by atoms with E-state index in [4.69, 9.17) is 9.47 Å². The first-order chi connectivity index (χ1) is 11.7. The molecular formula is C20H20O4. The van der Waals surface area contributed by atoms with Crippen LogP contribution in [0.1, 0.15) is 36.0 Å². The molecule has 2 aromatic carbocycles. The molecule has 124 valence electrons. The molecule has 0 saturated heterocycles. The van der Waals surface area contributed by atoms with Crippen LogP contribution in [0.3, 0.4) is 0 Å². The maximum Gasteiger partial charge on any atom is 0.338 e. The van der Waals surface area contributed by atoms with Gasteiger partial charge in [0.1, 0.15) is 11.9 Å². The molecule has 1 saturated carbocycles. The third kappa shape index (κ3) is 4.22. The van der Waals surface area contributed by atoms with Crippen LogP contribution in [-0.2, 0) is 9.53 Å². The molecule has 24 heavy (non-hydrogen) atoms. The molecule has 4 nitrogen and oxygen atoms in total. The topological polar surface area (TPSA) is 52.6 Å². The van der Waals surface area contributed by atoms with Crippen LogP contribution >= 0.6 is 0 Å². The molecule has 2 aromatic rings. The Morgan fingerprint density at radius 2 is 1.38 bits per heavy atom. The van der Waals surface area contributed by atoms with Crippen LogP contribution < -0.4 is 4.74 Å². The first-order valence-corrected chi connectivity index (χ1v) is 8.25. The maximum absolute atomic E-state index is 12.2. The van der Waals surface area contributed by atoms with Gasteiger partial charge in [-0.25, -0.2) is 4.79 Å². The number of para-hydroxylation sites is 1. The molecule has 4 heteroatoms. The van der Waals surface area contributed by atoms with Crippen LogP contribution in [0.15, 0.2) is 60.7 Å². The minimum absolute atomic E-state index is 0.126. The molecule has 0 aromatic heterocycles. The molecule has 0 spiro atoms. The second-order valence-electron chi connectivity index (χ2n) is 5.98. The van der Waals surface area contributed by atoms with Crippen LogP contribution in [-0.4, -0.2) is 18.0 Å². The molecule has 0 heterocycles. The fraction of sp³-hybridized carbons (Fsp3) is 0.300. The first kappa shape index (κ1) is 16.2. The summed E-state index contributed by atoms with van der Waals surface area (Å²) in [7, 11) is 0. The van der Waals surface area contributed by atoms with Crippen molar-refractivity contribution in [2.24, 2.45) is 5.92 Å². The Bertz CT molecular complexity index is 673. The Hall–Kier alpha value is -2.62. The summed E-state index contributed by atoms with van der Waals surface area (Å²) in [4.78, 5) is 24.2. The van der Waals surface area contributed by atoms with Crippen LogP contribution in [0.25, 0.3) is 0 Å². The summed E-state index contributed by atoms with van der Waals surface area (Å²) in [6.45, 7) is 0. The zero-order valence-corrected chi connectivity index (χ0v) is 13.4. The van der Waals surface area contributed by atoms with Crippen molar-refractivity contribution in [3.8, 4) is 5.75 Å². The largest absolute Gasteiger partial charge is 0.459 e. The highest BCUT2D eigenvalue weighted by Crippen LogP contribution is 2.28. The second-order valence-corrected chi connectivity index (χ2v) is 5.98. The van der Waals surface area contributed by atoms with Crippen molar-refractivity contribution in [3.05, 3.63) is 66.2 Å². The summed E-state index contributed by atoms with van der Waals surface area (Å²) in [5, 5.41) is 0. The normalized spacial score (nSPS) is 20.2. The van der Waals surface area contributed by atoms with Gasteiger partial charge in [0.2, 0.25) is 0 Å². The molecule has 1 aliphatic carbocycles. The molecule has 0 amide bonds. The van der Waals surface area contributed by atoms with Gasteiger partial charge >= 0.3 is 11.9 Å². The third-order valence-electron chi connectivity index (χ3n) is 4.25. The van der Waals surface area contributed by atoms with Crippen LogP contribution in [0.5, 0.6) is 5.75 Å². The predicted octanol–water partition coefficient (Wildman–Crippen LogP) is 4.01. The highest BCUT2D eigenvalue weighted by Gasteiger charge is 2.29. The van der Waals surface area contributed by atoms with Gasteiger partial charge in [-0.15, -0.1) is 0 Å². The standard InChI is InChI=1S/C20H20O4/c21-19(15-7-3-1-4-8-15)24-18-13-11-16(12-14-18)20(22)23-17-9-5-2-6-10-17/h1-10,16,18H,11-14H2. The van der Waals surface area contributed by atoms with Crippen molar-refractivity contribution in [2.45, 2.75) is 31.8 Å². The second kappa shape index (κ2) is 7.77. The molecular weight excluding hydrogens is 304 g/mol. The van der Waals surface area contributed by atoms with Crippen molar-refractivity contribution in [1.29, 1.82) is 0 Å². The van der Waals surface area contributed by atoms with E-state index in [2.05, 4.69) is 0 Å². The summed E-state index contributed by atoms with van der Waals surface area (Å²) in [6, 6.07) is 18.1. The third-order valence-corrected chi connectivity index (χ3v) is 4.25. The van der Waals surface area contributed by atoms with Gasteiger partial charge in [0.05, 0.1) is 11.5 Å². The Balaban J connectivity index is 1.47. The summed E-state index contributed by atoms with van der Waals surface area (Å²) in [5.41, 5.74) is 0.558. The molecule has 0 bridgehead atoms. The zero-order valence-electron chi connectivity index (χ0n) is 13.4. The number of ether oxygens (including phenoxy) is 2. The number of hydrogen-bond donors (Lipinski definition) is 0. The average Bonchev–Trinajstić information content (AvgIpc) is 2.64. The lowest BCUT2D eigenvalue weighted by Gasteiger charge is -2.27. The zero-order chi connectivity index (χ0) is 16.8. The molecule has 0 radical (unpaired) electrons. The molecule has 0 unspecified atom stereocenters. The smallest absolute Gasteiger partial charge is 0.338 e. The molecule has 1 fully saturated rings. The fourth-order valence-electron chi connectivity index (χ4n) is 2.90. The van der Waals surface area contributed by atoms with E-state index in [1.165, 1.54) is 0 Å². The lowest BCUT2D eigenvalue weighted by atomic mass is 9.87. The lowest BCUT2D eigenvalue weighted by molar-refractivity contribution is -0.140. The molecule has 0 N–H and O–H groups in total. The minimum Gasteiger partial charge on any atom is -0.459 e. The van der Waals surface area contributed by atoms with Crippen molar-refractivity contribution in [1.82, 2.24) is 0 Å². The monoisotopic (exact) mass is 324 g/mol. The fourth-order valence-corrected chi connectivity index (χ4v) is 2.90. The van der Waals surface area contributed by atoms with Gasteiger partial charge < -0.3 is 9.47 Å². The Morgan fingerprint density at radius 1 is 0.792 bits per heavy atom. The van der Waals surface area contributed by atoms with E-state index < -0.39 is 0 Å². The van der Waals surface area contributed by atoms with E-state index in [1.807, 2.05) is 36.4 Å². The minimum atomic E-state index is -0.300. The molecule has 1 aliphatic rings. The van der Waals surface area contributed by atoms with Gasteiger partial charge in [-0.05, 0) is 49.9 Å². The van der Waals surface area contributed by atoms with E-state index in [-0.39, 0.29) is 24.0 Å². The van der Waals surface area contributed by atoms with E-state index in [0.717, 1.165) is 0 Å². The number of benzene rings is 2. The Labute approximate surface area is 141 Å². The van der Waals surface area contributed by atoms with E-state index in [1.54, 1.807) is 24.3 Å². The summed E-state index contributed by atoms with van der Waals surface area (Å²) >= 11 is 0. The molecule has 0 atom stereocenters. The number of carbonyl (C=O) groups excluding carboxylic acids is 2. The highest BCUT2D eigenvalue weighted by molar-refractivity contribution is 5.89. The molecule has 0 aliphatic heterocycles.